The topological polar surface area (TPSA) is 75.7 Å². The van der Waals surface area contributed by atoms with Gasteiger partial charge in [0.2, 0.25) is 5.91 Å². The van der Waals surface area contributed by atoms with E-state index in [0.717, 1.165) is 0 Å². The SMILES string of the molecule is COCCS(=O)(=O)CC(=O)N1CCNCC1c1cccc(F)c1. The van der Waals surface area contributed by atoms with Crippen molar-refractivity contribution in [2.75, 3.05) is 44.9 Å². The third-order valence-corrected chi connectivity index (χ3v) is 5.21. The fourth-order valence-corrected chi connectivity index (χ4v) is 3.68. The largest absolute Gasteiger partial charge is 0.384 e. The van der Waals surface area contributed by atoms with Gasteiger partial charge in [-0.2, -0.15) is 0 Å². The first kappa shape index (κ1) is 17.8. The summed E-state index contributed by atoms with van der Waals surface area (Å²) >= 11 is 0. The molecule has 1 unspecified atom stereocenters. The Bertz CT molecular complexity index is 651. The molecule has 0 spiro atoms. The van der Waals surface area contributed by atoms with Gasteiger partial charge in [-0.3, -0.25) is 4.79 Å². The van der Waals surface area contributed by atoms with Crippen molar-refractivity contribution in [3.05, 3.63) is 35.6 Å². The lowest BCUT2D eigenvalue weighted by atomic mass is 10.0. The Hall–Kier alpha value is -1.51. The summed E-state index contributed by atoms with van der Waals surface area (Å²) in [5.74, 6) is -1.58. The van der Waals surface area contributed by atoms with Crippen molar-refractivity contribution >= 4 is 15.7 Å². The number of amides is 1. The van der Waals surface area contributed by atoms with Gasteiger partial charge >= 0.3 is 0 Å². The highest BCUT2D eigenvalue weighted by atomic mass is 32.2. The van der Waals surface area contributed by atoms with Crippen molar-refractivity contribution in [1.29, 1.82) is 0 Å². The zero-order chi connectivity index (χ0) is 16.9. The Morgan fingerprint density at radius 3 is 2.96 bits per heavy atom. The average molecular weight is 344 g/mol. The fraction of sp³-hybridized carbons (Fsp3) is 0.533. The van der Waals surface area contributed by atoms with Gasteiger partial charge in [-0.05, 0) is 17.7 Å². The van der Waals surface area contributed by atoms with E-state index >= 15 is 0 Å². The molecule has 1 aromatic rings. The lowest BCUT2D eigenvalue weighted by molar-refractivity contribution is -0.131. The fourth-order valence-electron chi connectivity index (χ4n) is 2.57. The Labute approximate surface area is 135 Å². The van der Waals surface area contributed by atoms with Crippen molar-refractivity contribution in [3.63, 3.8) is 0 Å². The summed E-state index contributed by atoms with van der Waals surface area (Å²) in [6, 6.07) is 5.65. The molecular formula is C15H21FN2O4S. The second-order valence-electron chi connectivity index (χ2n) is 5.45. The molecule has 128 valence electrons. The predicted octanol–water partition coefficient (Wildman–Crippen LogP) is 0.360. The number of carbonyl (C=O) groups excluding carboxylic acids is 1. The number of piperazine rings is 1. The Balaban J connectivity index is 2.13. The first-order valence-corrected chi connectivity index (χ1v) is 9.20. The van der Waals surface area contributed by atoms with Crippen molar-refractivity contribution in [3.8, 4) is 0 Å². The molecule has 0 saturated carbocycles. The Kier molecular flexibility index (Phi) is 6.09. The van der Waals surface area contributed by atoms with E-state index < -0.39 is 21.5 Å². The number of hydrogen-bond acceptors (Lipinski definition) is 5. The molecule has 2 rings (SSSR count). The molecule has 8 heteroatoms. The standard InChI is InChI=1S/C15H21FN2O4S/c1-22-7-8-23(20,21)11-15(19)18-6-5-17-10-14(18)12-3-2-4-13(16)9-12/h2-4,9,14,17H,5-8,10-11H2,1H3. The van der Waals surface area contributed by atoms with Crippen molar-refractivity contribution in [2.45, 2.75) is 6.04 Å². The van der Waals surface area contributed by atoms with Crippen LogP contribution in [0.5, 0.6) is 0 Å². The maximum atomic E-state index is 13.4. The highest BCUT2D eigenvalue weighted by Gasteiger charge is 2.30. The molecule has 1 aromatic carbocycles. The minimum absolute atomic E-state index is 0.0600. The second-order valence-corrected chi connectivity index (χ2v) is 7.63. The lowest BCUT2D eigenvalue weighted by Crippen LogP contribution is -2.50. The molecule has 1 fully saturated rings. The number of hydrogen-bond donors (Lipinski definition) is 1. The predicted molar refractivity (Wildman–Crippen MR) is 84.3 cm³/mol. The summed E-state index contributed by atoms with van der Waals surface area (Å²) in [5.41, 5.74) is 0.653. The Morgan fingerprint density at radius 2 is 2.26 bits per heavy atom. The number of halogens is 1. The van der Waals surface area contributed by atoms with Gasteiger partial charge in [0, 0.05) is 26.7 Å². The highest BCUT2D eigenvalue weighted by molar-refractivity contribution is 7.92. The normalized spacial score (nSPS) is 18.9. The summed E-state index contributed by atoms with van der Waals surface area (Å²) in [5, 5.41) is 3.15. The van der Waals surface area contributed by atoms with Crippen LogP contribution in [0.4, 0.5) is 4.39 Å². The van der Waals surface area contributed by atoms with E-state index in [2.05, 4.69) is 5.32 Å². The maximum Gasteiger partial charge on any atom is 0.238 e. The number of sulfone groups is 1. The third kappa shape index (κ3) is 4.98. The molecule has 1 amide bonds. The quantitative estimate of drug-likeness (QED) is 0.806. The number of rotatable bonds is 6. The number of ether oxygens (including phenoxy) is 1. The number of benzene rings is 1. The summed E-state index contributed by atoms with van der Waals surface area (Å²) in [7, 11) is -2.11. The average Bonchev–Trinajstić information content (AvgIpc) is 2.52. The van der Waals surface area contributed by atoms with Gasteiger partial charge in [0.1, 0.15) is 11.6 Å². The zero-order valence-corrected chi connectivity index (χ0v) is 13.8. The number of nitrogens with one attached hydrogen (secondary N) is 1. The summed E-state index contributed by atoms with van der Waals surface area (Å²) in [6.45, 7) is 1.49. The molecule has 1 aliphatic heterocycles. The van der Waals surface area contributed by atoms with Gasteiger partial charge in [0.05, 0.1) is 18.4 Å². The van der Waals surface area contributed by atoms with Gasteiger partial charge in [-0.1, -0.05) is 12.1 Å². The molecule has 1 heterocycles. The van der Waals surface area contributed by atoms with Gasteiger partial charge in [0.25, 0.3) is 0 Å². The number of methoxy groups -OCH3 is 1. The van der Waals surface area contributed by atoms with E-state index in [4.69, 9.17) is 4.74 Å². The van der Waals surface area contributed by atoms with Gasteiger partial charge in [0.15, 0.2) is 9.84 Å². The van der Waals surface area contributed by atoms with Crippen LogP contribution in [0.25, 0.3) is 0 Å². The number of carbonyl (C=O) groups is 1. The molecule has 0 bridgehead atoms. The first-order valence-electron chi connectivity index (χ1n) is 7.38. The van der Waals surface area contributed by atoms with E-state index in [1.165, 1.54) is 24.1 Å². The van der Waals surface area contributed by atoms with Gasteiger partial charge in [-0.15, -0.1) is 0 Å². The molecule has 1 aliphatic rings. The van der Waals surface area contributed by atoms with Gasteiger partial charge in [-0.25, -0.2) is 12.8 Å². The van der Waals surface area contributed by atoms with Crippen LogP contribution < -0.4 is 5.32 Å². The van der Waals surface area contributed by atoms with E-state index in [-0.39, 0.29) is 24.2 Å². The maximum absolute atomic E-state index is 13.4. The van der Waals surface area contributed by atoms with Crippen LogP contribution in [0, 0.1) is 5.82 Å². The molecule has 0 aromatic heterocycles. The highest BCUT2D eigenvalue weighted by Crippen LogP contribution is 2.23. The van der Waals surface area contributed by atoms with E-state index in [1.807, 2.05) is 0 Å². The van der Waals surface area contributed by atoms with Crippen LogP contribution in [-0.4, -0.2) is 64.1 Å². The van der Waals surface area contributed by atoms with Crippen LogP contribution in [0.1, 0.15) is 11.6 Å². The van der Waals surface area contributed by atoms with Crippen molar-refractivity contribution in [2.24, 2.45) is 0 Å². The lowest BCUT2D eigenvalue weighted by Gasteiger charge is -2.36. The smallest absolute Gasteiger partial charge is 0.238 e. The minimum atomic E-state index is -3.52. The summed E-state index contributed by atoms with van der Waals surface area (Å²) < 4.78 is 42.1. The van der Waals surface area contributed by atoms with Crippen LogP contribution in [0.15, 0.2) is 24.3 Å². The van der Waals surface area contributed by atoms with Crippen LogP contribution in [-0.2, 0) is 19.4 Å². The molecule has 6 nitrogen and oxygen atoms in total. The van der Waals surface area contributed by atoms with E-state index in [9.17, 15) is 17.6 Å². The monoisotopic (exact) mass is 344 g/mol. The van der Waals surface area contributed by atoms with E-state index in [0.29, 0.717) is 25.2 Å². The Morgan fingerprint density at radius 1 is 1.48 bits per heavy atom. The first-order chi connectivity index (χ1) is 10.9. The molecule has 1 atom stereocenters. The molecule has 1 saturated heterocycles. The third-order valence-electron chi connectivity index (χ3n) is 3.74. The summed E-state index contributed by atoms with van der Waals surface area (Å²) in [4.78, 5) is 13.9. The van der Waals surface area contributed by atoms with E-state index in [1.54, 1.807) is 12.1 Å². The van der Waals surface area contributed by atoms with Crippen LogP contribution in [0.2, 0.25) is 0 Å². The van der Waals surface area contributed by atoms with Crippen molar-refractivity contribution in [1.82, 2.24) is 10.2 Å². The molecule has 23 heavy (non-hydrogen) atoms. The zero-order valence-electron chi connectivity index (χ0n) is 13.0. The minimum Gasteiger partial charge on any atom is -0.384 e. The van der Waals surface area contributed by atoms with Crippen LogP contribution >= 0.6 is 0 Å². The second kappa shape index (κ2) is 7.85. The molecule has 0 radical (unpaired) electrons. The molecule has 1 N–H and O–H groups in total. The molecule has 0 aliphatic carbocycles. The summed E-state index contributed by atoms with van der Waals surface area (Å²) in [6.07, 6.45) is 0. The number of nitrogens with zero attached hydrogens (tertiary/aromatic N) is 1. The molecular weight excluding hydrogens is 323 g/mol. The van der Waals surface area contributed by atoms with Gasteiger partial charge < -0.3 is 15.0 Å². The van der Waals surface area contributed by atoms with Crippen LogP contribution in [0.3, 0.4) is 0 Å². The van der Waals surface area contributed by atoms with Crippen molar-refractivity contribution < 1.29 is 22.3 Å².